The number of hydrogen-bond donors (Lipinski definition) is 0. The van der Waals surface area contributed by atoms with Crippen LogP contribution >= 0.6 is 0 Å². The molecule has 2 rings (SSSR count). The van der Waals surface area contributed by atoms with Gasteiger partial charge >= 0.3 is 17.1 Å². The highest BCUT2D eigenvalue weighted by Gasteiger charge is 2.50. The minimum absolute atomic E-state index is 0.946. The lowest BCUT2D eigenvalue weighted by molar-refractivity contribution is 0.249. The van der Waals surface area contributed by atoms with Gasteiger partial charge in [0.25, 0.3) is 0 Å². The molecule has 148 valence electrons. The fourth-order valence-corrected chi connectivity index (χ4v) is 12.6. The van der Waals surface area contributed by atoms with Gasteiger partial charge in [-0.05, 0) is 22.5 Å². The van der Waals surface area contributed by atoms with E-state index in [9.17, 15) is 0 Å². The van der Waals surface area contributed by atoms with Crippen LogP contribution in [0.5, 0.6) is 0 Å². The SMILES string of the molecule is CCCC[Si](OC)(O[Si](CCCC)(OC)c1ccccc1)c1ccccc1. The van der Waals surface area contributed by atoms with E-state index >= 15 is 0 Å². The fraction of sp³-hybridized carbons (Fsp3) is 0.455. The molecule has 0 N–H and O–H groups in total. The maximum atomic E-state index is 7.13. The number of unbranched alkanes of at least 4 members (excludes halogenated alkanes) is 2. The average molecular weight is 403 g/mol. The minimum atomic E-state index is -2.62. The lowest BCUT2D eigenvalue weighted by Crippen LogP contribution is -2.65. The fourth-order valence-electron chi connectivity index (χ4n) is 3.50. The molecule has 0 aliphatic heterocycles. The van der Waals surface area contributed by atoms with Crippen LogP contribution in [0.3, 0.4) is 0 Å². The first-order valence-electron chi connectivity index (χ1n) is 10.1. The Hall–Kier alpha value is -1.25. The van der Waals surface area contributed by atoms with Crippen LogP contribution in [0.4, 0.5) is 0 Å². The largest absolute Gasteiger partial charge is 0.408 e. The number of benzene rings is 2. The van der Waals surface area contributed by atoms with Crippen molar-refractivity contribution in [3.8, 4) is 0 Å². The molecule has 0 aromatic heterocycles. The van der Waals surface area contributed by atoms with Crippen molar-refractivity contribution in [2.24, 2.45) is 0 Å². The standard InChI is InChI=1S/C22H34O3Si2/c1-5-7-19-26(23-3,21-15-11-9-12-16-21)25-27(24-4,20-8-6-2)22-17-13-10-14-18-22/h9-18H,5-8,19-20H2,1-4H3. The van der Waals surface area contributed by atoms with E-state index in [0.717, 1.165) is 37.8 Å². The second kappa shape index (κ2) is 10.9. The van der Waals surface area contributed by atoms with Crippen molar-refractivity contribution in [3.05, 3.63) is 60.7 Å². The Morgan fingerprint density at radius 3 is 1.30 bits per heavy atom. The summed E-state index contributed by atoms with van der Waals surface area (Å²) in [5, 5.41) is 2.39. The van der Waals surface area contributed by atoms with Crippen molar-refractivity contribution in [3.63, 3.8) is 0 Å². The van der Waals surface area contributed by atoms with E-state index in [2.05, 4.69) is 62.4 Å². The predicted octanol–water partition coefficient (Wildman–Crippen LogP) is 4.59. The monoisotopic (exact) mass is 402 g/mol. The zero-order chi connectivity index (χ0) is 19.6. The Bertz CT molecular complexity index is 596. The van der Waals surface area contributed by atoms with E-state index in [1.54, 1.807) is 0 Å². The summed E-state index contributed by atoms with van der Waals surface area (Å²) >= 11 is 0. The Balaban J connectivity index is 2.51. The Labute approximate surface area is 167 Å². The molecule has 2 unspecified atom stereocenters. The van der Waals surface area contributed by atoms with Gasteiger partial charge in [-0.25, -0.2) is 0 Å². The van der Waals surface area contributed by atoms with Gasteiger partial charge in [0.05, 0.1) is 0 Å². The van der Waals surface area contributed by atoms with Gasteiger partial charge in [-0.2, -0.15) is 0 Å². The zero-order valence-electron chi connectivity index (χ0n) is 17.2. The van der Waals surface area contributed by atoms with Crippen LogP contribution in [-0.2, 0) is 13.0 Å². The summed E-state index contributed by atoms with van der Waals surface area (Å²) in [6.07, 6.45) is 4.42. The van der Waals surface area contributed by atoms with Crippen LogP contribution in [0.2, 0.25) is 12.1 Å². The molecule has 3 nitrogen and oxygen atoms in total. The summed E-state index contributed by atoms with van der Waals surface area (Å²) in [4.78, 5) is 0. The normalized spacial score (nSPS) is 15.9. The van der Waals surface area contributed by atoms with Gasteiger partial charge in [0.15, 0.2) is 0 Å². The van der Waals surface area contributed by atoms with E-state index < -0.39 is 17.1 Å². The highest BCUT2D eigenvalue weighted by Crippen LogP contribution is 2.26. The molecule has 5 heteroatoms. The second-order valence-electron chi connectivity index (χ2n) is 6.96. The lowest BCUT2D eigenvalue weighted by Gasteiger charge is -2.40. The quantitative estimate of drug-likeness (QED) is 0.486. The van der Waals surface area contributed by atoms with Gasteiger partial charge in [-0.1, -0.05) is 100 Å². The first kappa shape index (κ1) is 22.0. The third kappa shape index (κ3) is 5.39. The van der Waals surface area contributed by atoms with Crippen molar-refractivity contribution < 1.29 is 13.0 Å². The predicted molar refractivity (Wildman–Crippen MR) is 118 cm³/mol. The molecule has 0 bridgehead atoms. The topological polar surface area (TPSA) is 27.7 Å². The molecular formula is C22H34O3Si2. The van der Waals surface area contributed by atoms with Gasteiger partial charge in [-0.3, -0.25) is 0 Å². The molecular weight excluding hydrogens is 368 g/mol. The zero-order valence-corrected chi connectivity index (χ0v) is 19.2. The third-order valence-corrected chi connectivity index (χ3v) is 13.5. The minimum Gasteiger partial charge on any atom is -0.408 e. The van der Waals surface area contributed by atoms with Crippen LogP contribution in [0, 0.1) is 0 Å². The van der Waals surface area contributed by atoms with Crippen molar-refractivity contribution in [1.82, 2.24) is 0 Å². The van der Waals surface area contributed by atoms with Crippen LogP contribution in [0.15, 0.2) is 60.7 Å². The molecule has 2 atom stereocenters. The van der Waals surface area contributed by atoms with Crippen LogP contribution in [0.25, 0.3) is 0 Å². The summed E-state index contributed by atoms with van der Waals surface area (Å²) < 4.78 is 19.6. The van der Waals surface area contributed by atoms with Crippen LogP contribution in [-0.4, -0.2) is 31.3 Å². The van der Waals surface area contributed by atoms with E-state index in [1.165, 1.54) is 10.4 Å². The Morgan fingerprint density at radius 1 is 0.630 bits per heavy atom. The number of rotatable bonds is 12. The van der Waals surface area contributed by atoms with Crippen molar-refractivity contribution in [2.75, 3.05) is 14.2 Å². The second-order valence-corrected chi connectivity index (χ2v) is 13.8. The first-order chi connectivity index (χ1) is 13.2. The molecule has 0 heterocycles. The Kier molecular flexibility index (Phi) is 8.92. The summed E-state index contributed by atoms with van der Waals surface area (Å²) in [6.45, 7) is 4.43. The molecule has 27 heavy (non-hydrogen) atoms. The molecule has 0 aliphatic carbocycles. The molecule has 2 aromatic rings. The maximum Gasteiger partial charge on any atom is 0.363 e. The van der Waals surface area contributed by atoms with E-state index in [0.29, 0.717) is 0 Å². The summed E-state index contributed by atoms with van der Waals surface area (Å²) in [6, 6.07) is 22.9. The summed E-state index contributed by atoms with van der Waals surface area (Å²) in [5.41, 5.74) is 0. The molecule has 0 spiro atoms. The van der Waals surface area contributed by atoms with Gasteiger partial charge in [0.2, 0.25) is 0 Å². The molecule has 0 amide bonds. The molecule has 0 aliphatic rings. The molecule has 0 radical (unpaired) electrons. The summed E-state index contributed by atoms with van der Waals surface area (Å²) in [7, 11) is -1.61. The van der Waals surface area contributed by atoms with E-state index in [1.807, 2.05) is 26.4 Å². The highest BCUT2D eigenvalue weighted by molar-refractivity contribution is 6.93. The van der Waals surface area contributed by atoms with E-state index in [-0.39, 0.29) is 0 Å². The van der Waals surface area contributed by atoms with Gasteiger partial charge in [-0.15, -0.1) is 0 Å². The van der Waals surface area contributed by atoms with Crippen molar-refractivity contribution in [1.29, 1.82) is 0 Å². The number of hydrogen-bond acceptors (Lipinski definition) is 3. The van der Waals surface area contributed by atoms with Gasteiger partial charge in [0.1, 0.15) is 0 Å². The lowest BCUT2D eigenvalue weighted by atomic mass is 10.4. The highest BCUT2D eigenvalue weighted by atomic mass is 28.5. The molecule has 0 fully saturated rings. The summed E-state index contributed by atoms with van der Waals surface area (Å²) in [5.74, 6) is 0. The smallest absolute Gasteiger partial charge is 0.363 e. The van der Waals surface area contributed by atoms with Crippen LogP contribution < -0.4 is 10.4 Å². The third-order valence-electron chi connectivity index (χ3n) is 5.14. The Morgan fingerprint density at radius 2 is 1.00 bits per heavy atom. The maximum absolute atomic E-state index is 7.13. The average Bonchev–Trinajstić information content (AvgIpc) is 2.75. The van der Waals surface area contributed by atoms with Gasteiger partial charge in [0, 0.05) is 14.2 Å². The van der Waals surface area contributed by atoms with Gasteiger partial charge < -0.3 is 13.0 Å². The molecule has 0 saturated carbocycles. The van der Waals surface area contributed by atoms with Crippen molar-refractivity contribution in [2.45, 2.75) is 51.6 Å². The molecule has 2 aromatic carbocycles. The first-order valence-corrected chi connectivity index (χ1v) is 14.1. The van der Waals surface area contributed by atoms with Crippen molar-refractivity contribution >= 4 is 27.5 Å². The van der Waals surface area contributed by atoms with Crippen LogP contribution in [0.1, 0.15) is 39.5 Å². The van der Waals surface area contributed by atoms with E-state index in [4.69, 9.17) is 13.0 Å². The molecule has 0 saturated heterocycles.